The van der Waals surface area contributed by atoms with Crippen LogP contribution in [0.4, 0.5) is 0 Å². The molecule has 0 aliphatic carbocycles. The van der Waals surface area contributed by atoms with Crippen molar-refractivity contribution in [1.29, 1.82) is 0 Å². The number of nitrogens with zero attached hydrogens (tertiary/aromatic N) is 2. The topological polar surface area (TPSA) is 52.0 Å². The molecule has 2 heterocycles. The molecule has 1 atom stereocenters. The molecule has 1 unspecified atom stereocenters. The fraction of sp³-hybridized carbons (Fsp3) is 0.667. The van der Waals surface area contributed by atoms with Crippen molar-refractivity contribution in [3.05, 3.63) is 17.7 Å². The number of aryl methyl sites for hydroxylation is 1. The normalized spacial score (nSPS) is 25.4. The first kappa shape index (κ1) is 9.71. The van der Waals surface area contributed by atoms with E-state index in [0.717, 1.165) is 17.8 Å². The molecule has 14 heavy (non-hydrogen) atoms. The molecule has 1 aromatic heterocycles. The molecule has 0 radical (unpaired) electrons. The summed E-state index contributed by atoms with van der Waals surface area (Å²) in [6.45, 7) is 3.92. The Labute approximate surface area is 83.9 Å². The molecular formula is C9H14N2O2S. The van der Waals surface area contributed by atoms with Crippen molar-refractivity contribution in [1.82, 2.24) is 9.55 Å². The maximum atomic E-state index is 11.3. The van der Waals surface area contributed by atoms with E-state index < -0.39 is 9.84 Å². The van der Waals surface area contributed by atoms with E-state index >= 15 is 0 Å². The van der Waals surface area contributed by atoms with E-state index in [0.29, 0.717) is 5.75 Å². The van der Waals surface area contributed by atoms with Crippen molar-refractivity contribution in [3.63, 3.8) is 0 Å². The van der Waals surface area contributed by atoms with Crippen molar-refractivity contribution < 1.29 is 8.42 Å². The van der Waals surface area contributed by atoms with E-state index in [4.69, 9.17) is 0 Å². The van der Waals surface area contributed by atoms with Gasteiger partial charge in [-0.05, 0) is 20.3 Å². The van der Waals surface area contributed by atoms with E-state index in [1.54, 1.807) is 6.33 Å². The van der Waals surface area contributed by atoms with Crippen LogP contribution in [0.5, 0.6) is 0 Å². The molecule has 4 nitrogen and oxygen atoms in total. The van der Waals surface area contributed by atoms with Crippen LogP contribution < -0.4 is 0 Å². The Morgan fingerprint density at radius 3 is 2.64 bits per heavy atom. The third-order valence-electron chi connectivity index (χ3n) is 2.89. The van der Waals surface area contributed by atoms with Crippen LogP contribution in [0.25, 0.3) is 0 Å². The zero-order chi connectivity index (χ0) is 10.3. The summed E-state index contributed by atoms with van der Waals surface area (Å²) in [5.74, 6) is 0.581. The van der Waals surface area contributed by atoms with Gasteiger partial charge >= 0.3 is 0 Å². The van der Waals surface area contributed by atoms with Crippen LogP contribution >= 0.6 is 0 Å². The van der Waals surface area contributed by atoms with Crippen molar-refractivity contribution in [2.24, 2.45) is 0 Å². The summed E-state index contributed by atoms with van der Waals surface area (Å²) in [5, 5.41) is 0. The molecule has 0 N–H and O–H groups in total. The molecule has 1 aliphatic rings. The fourth-order valence-corrected chi connectivity index (χ4v) is 3.59. The Kier molecular flexibility index (Phi) is 2.14. The van der Waals surface area contributed by atoms with Gasteiger partial charge in [-0.3, -0.25) is 0 Å². The number of hydrogen-bond donors (Lipinski definition) is 0. The van der Waals surface area contributed by atoms with Gasteiger partial charge in [0.05, 0.1) is 23.5 Å². The molecule has 5 heteroatoms. The van der Waals surface area contributed by atoms with E-state index in [2.05, 4.69) is 4.98 Å². The van der Waals surface area contributed by atoms with Crippen LogP contribution in [0.1, 0.15) is 23.9 Å². The van der Waals surface area contributed by atoms with Gasteiger partial charge in [0.15, 0.2) is 9.84 Å². The van der Waals surface area contributed by atoms with E-state index in [1.807, 2.05) is 18.4 Å². The molecule has 1 aliphatic heterocycles. The molecule has 0 bridgehead atoms. The highest BCUT2D eigenvalue weighted by Gasteiger charge is 2.29. The fourth-order valence-electron chi connectivity index (χ4n) is 1.88. The second-order valence-corrected chi connectivity index (χ2v) is 6.11. The highest BCUT2D eigenvalue weighted by atomic mass is 32.2. The van der Waals surface area contributed by atoms with Crippen LogP contribution in [-0.2, 0) is 9.84 Å². The largest absolute Gasteiger partial charge is 0.331 e. The SMILES string of the molecule is Cc1ncn(C2CCS(=O)(=O)C2)c1C. The van der Waals surface area contributed by atoms with Gasteiger partial charge in [0.25, 0.3) is 0 Å². The highest BCUT2D eigenvalue weighted by molar-refractivity contribution is 7.91. The van der Waals surface area contributed by atoms with Gasteiger partial charge in [-0.15, -0.1) is 0 Å². The summed E-state index contributed by atoms with van der Waals surface area (Å²) in [6.07, 6.45) is 2.47. The van der Waals surface area contributed by atoms with Crippen LogP contribution in [0.15, 0.2) is 6.33 Å². The quantitative estimate of drug-likeness (QED) is 0.696. The lowest BCUT2D eigenvalue weighted by Gasteiger charge is -2.11. The second-order valence-electron chi connectivity index (χ2n) is 3.88. The highest BCUT2D eigenvalue weighted by Crippen LogP contribution is 2.25. The molecular weight excluding hydrogens is 200 g/mol. The Hall–Kier alpha value is -0.840. The minimum atomic E-state index is -2.80. The predicted molar refractivity (Wildman–Crippen MR) is 54.0 cm³/mol. The summed E-state index contributed by atoms with van der Waals surface area (Å²) < 4.78 is 24.6. The molecule has 1 fully saturated rings. The van der Waals surface area contributed by atoms with Gasteiger partial charge in [0.1, 0.15) is 0 Å². The lowest BCUT2D eigenvalue weighted by atomic mass is 10.2. The number of rotatable bonds is 1. The van der Waals surface area contributed by atoms with Crippen molar-refractivity contribution >= 4 is 9.84 Å². The summed E-state index contributed by atoms with van der Waals surface area (Å²) >= 11 is 0. The van der Waals surface area contributed by atoms with Crippen LogP contribution in [0.3, 0.4) is 0 Å². The van der Waals surface area contributed by atoms with E-state index in [-0.39, 0.29) is 11.8 Å². The molecule has 0 saturated carbocycles. The number of sulfone groups is 1. The zero-order valence-electron chi connectivity index (χ0n) is 8.40. The van der Waals surface area contributed by atoms with E-state index in [9.17, 15) is 8.42 Å². The van der Waals surface area contributed by atoms with Gasteiger partial charge < -0.3 is 4.57 Å². The summed E-state index contributed by atoms with van der Waals surface area (Å²) in [4.78, 5) is 4.18. The molecule has 2 rings (SSSR count). The summed E-state index contributed by atoms with van der Waals surface area (Å²) in [7, 11) is -2.80. The van der Waals surface area contributed by atoms with Gasteiger partial charge in [-0.25, -0.2) is 13.4 Å². The Balaban J connectivity index is 2.30. The molecule has 0 aromatic carbocycles. The average Bonchev–Trinajstić information content (AvgIpc) is 2.59. The third kappa shape index (κ3) is 1.56. The lowest BCUT2D eigenvalue weighted by Crippen LogP contribution is -2.11. The third-order valence-corrected chi connectivity index (χ3v) is 4.64. The smallest absolute Gasteiger partial charge is 0.152 e. The van der Waals surface area contributed by atoms with Gasteiger partial charge in [-0.1, -0.05) is 0 Å². The summed E-state index contributed by atoms with van der Waals surface area (Å²) in [5.41, 5.74) is 2.06. The van der Waals surface area contributed by atoms with Gasteiger partial charge in [0.2, 0.25) is 0 Å². The number of imidazole rings is 1. The zero-order valence-corrected chi connectivity index (χ0v) is 9.21. The Morgan fingerprint density at radius 1 is 1.50 bits per heavy atom. The Bertz CT molecular complexity index is 447. The van der Waals surface area contributed by atoms with Crippen LogP contribution in [-0.4, -0.2) is 29.5 Å². The minimum absolute atomic E-state index is 0.0983. The second kappa shape index (κ2) is 3.08. The van der Waals surface area contributed by atoms with Crippen molar-refractivity contribution in [2.45, 2.75) is 26.3 Å². The number of hydrogen-bond acceptors (Lipinski definition) is 3. The molecule has 0 spiro atoms. The predicted octanol–water partition coefficient (Wildman–Crippen LogP) is 0.860. The molecule has 1 aromatic rings. The molecule has 1 saturated heterocycles. The maximum Gasteiger partial charge on any atom is 0.152 e. The Morgan fingerprint density at radius 2 is 2.21 bits per heavy atom. The monoisotopic (exact) mass is 214 g/mol. The van der Waals surface area contributed by atoms with E-state index in [1.165, 1.54) is 0 Å². The first-order valence-electron chi connectivity index (χ1n) is 4.70. The molecule has 0 amide bonds. The van der Waals surface area contributed by atoms with Crippen LogP contribution in [0.2, 0.25) is 0 Å². The van der Waals surface area contributed by atoms with Crippen molar-refractivity contribution in [3.8, 4) is 0 Å². The summed E-state index contributed by atoms with van der Waals surface area (Å²) in [6, 6.07) is 0.0983. The molecule has 78 valence electrons. The first-order chi connectivity index (χ1) is 6.49. The minimum Gasteiger partial charge on any atom is -0.331 e. The lowest BCUT2D eigenvalue weighted by molar-refractivity contribution is 0.543. The maximum absolute atomic E-state index is 11.3. The van der Waals surface area contributed by atoms with Gasteiger partial charge in [0, 0.05) is 11.7 Å². The average molecular weight is 214 g/mol. The first-order valence-corrected chi connectivity index (χ1v) is 6.52. The standard InChI is InChI=1S/C9H14N2O2S/c1-7-8(2)11(6-10-7)9-3-4-14(12,13)5-9/h6,9H,3-5H2,1-2H3. The van der Waals surface area contributed by atoms with Gasteiger partial charge in [-0.2, -0.15) is 0 Å². The van der Waals surface area contributed by atoms with Crippen molar-refractivity contribution in [2.75, 3.05) is 11.5 Å². The number of aromatic nitrogens is 2. The van der Waals surface area contributed by atoms with Crippen LogP contribution in [0, 0.1) is 13.8 Å².